The van der Waals surface area contributed by atoms with Crippen molar-refractivity contribution in [3.05, 3.63) is 46.2 Å². The number of likely N-dealkylation sites (tertiary alicyclic amines) is 1. The Balaban J connectivity index is 1.90. The van der Waals surface area contributed by atoms with Crippen molar-refractivity contribution in [2.24, 2.45) is 4.99 Å². The lowest BCUT2D eigenvalue weighted by Crippen LogP contribution is -2.27. The van der Waals surface area contributed by atoms with E-state index in [-0.39, 0.29) is 11.4 Å². The number of hydrogen-bond acceptors (Lipinski definition) is 2. The second-order valence-electron chi connectivity index (χ2n) is 6.94. The third-order valence-electron chi connectivity index (χ3n) is 4.17. The summed E-state index contributed by atoms with van der Waals surface area (Å²) in [5.74, 6) is 0. The zero-order valence-corrected chi connectivity index (χ0v) is 14.8. The number of rotatable bonds is 1. The van der Waals surface area contributed by atoms with Crippen LogP contribution in [0.5, 0.6) is 0 Å². The third kappa shape index (κ3) is 3.55. The number of urea groups is 1. The smallest absolute Gasteiger partial charge is 0.323 e. The van der Waals surface area contributed by atoms with Gasteiger partial charge in [-0.15, -0.1) is 11.3 Å². The number of amides is 2. The fourth-order valence-electron chi connectivity index (χ4n) is 2.73. The van der Waals surface area contributed by atoms with Crippen LogP contribution in [0, 0.1) is 0 Å². The molecule has 2 amide bonds. The highest BCUT2D eigenvalue weighted by atomic mass is 32.1. The van der Waals surface area contributed by atoms with Gasteiger partial charge >= 0.3 is 6.03 Å². The lowest BCUT2D eigenvalue weighted by atomic mass is 9.87. The van der Waals surface area contributed by atoms with Gasteiger partial charge in [-0.25, -0.2) is 4.79 Å². The fraction of sp³-hybridized carbons (Fsp3) is 0.444. The molecule has 2 heterocycles. The van der Waals surface area contributed by atoms with Gasteiger partial charge in [0, 0.05) is 30.4 Å². The molecule has 0 unspecified atom stereocenters. The van der Waals surface area contributed by atoms with Crippen LogP contribution in [0.1, 0.15) is 39.2 Å². The molecule has 0 atom stereocenters. The Morgan fingerprint density at radius 3 is 2.39 bits per heavy atom. The van der Waals surface area contributed by atoms with Crippen molar-refractivity contribution >= 4 is 17.4 Å². The van der Waals surface area contributed by atoms with Gasteiger partial charge < -0.3 is 4.90 Å². The highest BCUT2D eigenvalue weighted by Gasteiger charge is 2.17. The Kier molecular flexibility index (Phi) is 4.39. The van der Waals surface area contributed by atoms with Crippen molar-refractivity contribution in [2.45, 2.75) is 39.0 Å². The predicted molar refractivity (Wildman–Crippen MR) is 94.1 cm³/mol. The Bertz CT molecular complexity index is 744. The summed E-state index contributed by atoms with van der Waals surface area (Å²) in [5.41, 5.74) is 2.47. The number of carbonyl (C=O) groups excluding carboxylic acids is 1. The summed E-state index contributed by atoms with van der Waals surface area (Å²) >= 11 is 1.49. The molecular weight excluding hydrogens is 306 g/mol. The van der Waals surface area contributed by atoms with E-state index in [1.807, 2.05) is 21.0 Å². The molecule has 1 aliphatic rings. The SMILES string of the molecule is CC(C)(C)c1ccc(-n2ccsc2=NC(=O)N2CCCC2)cc1. The van der Waals surface area contributed by atoms with E-state index in [4.69, 9.17) is 0 Å². The zero-order valence-electron chi connectivity index (χ0n) is 14.0. The normalized spacial score (nSPS) is 16.1. The van der Waals surface area contributed by atoms with E-state index in [9.17, 15) is 4.79 Å². The van der Waals surface area contributed by atoms with Crippen LogP contribution >= 0.6 is 11.3 Å². The maximum Gasteiger partial charge on any atom is 0.346 e. The molecule has 1 fully saturated rings. The highest BCUT2D eigenvalue weighted by molar-refractivity contribution is 7.07. The molecule has 0 spiro atoms. The molecule has 1 saturated heterocycles. The minimum atomic E-state index is -0.120. The van der Waals surface area contributed by atoms with Crippen molar-refractivity contribution < 1.29 is 4.79 Å². The molecule has 1 aromatic carbocycles. The second-order valence-corrected chi connectivity index (χ2v) is 7.81. The minimum Gasteiger partial charge on any atom is -0.323 e. The van der Waals surface area contributed by atoms with Gasteiger partial charge in [0.15, 0.2) is 4.80 Å². The first-order valence-electron chi connectivity index (χ1n) is 8.06. The highest BCUT2D eigenvalue weighted by Crippen LogP contribution is 2.23. The molecule has 5 heteroatoms. The van der Waals surface area contributed by atoms with Gasteiger partial charge in [0.05, 0.1) is 0 Å². The third-order valence-corrected chi connectivity index (χ3v) is 4.93. The molecular formula is C18H23N3OS. The van der Waals surface area contributed by atoms with Crippen molar-refractivity contribution in [3.8, 4) is 5.69 Å². The van der Waals surface area contributed by atoms with Gasteiger partial charge in [-0.3, -0.25) is 4.57 Å². The Hall–Kier alpha value is -1.88. The number of thiazole rings is 1. The van der Waals surface area contributed by atoms with Crippen LogP contribution in [-0.2, 0) is 5.41 Å². The second kappa shape index (κ2) is 6.32. The monoisotopic (exact) mass is 329 g/mol. The summed E-state index contributed by atoms with van der Waals surface area (Å²) in [6, 6.07) is 8.35. The first-order chi connectivity index (χ1) is 10.9. The van der Waals surface area contributed by atoms with Crippen molar-refractivity contribution in [2.75, 3.05) is 13.1 Å². The first kappa shape index (κ1) is 16.0. The number of nitrogens with zero attached hydrogens (tertiary/aromatic N) is 3. The Labute approximate surface area is 141 Å². The number of hydrogen-bond donors (Lipinski definition) is 0. The molecule has 23 heavy (non-hydrogen) atoms. The average Bonchev–Trinajstić information content (AvgIpc) is 3.18. The van der Waals surface area contributed by atoms with Gasteiger partial charge in [-0.05, 0) is 36.0 Å². The van der Waals surface area contributed by atoms with Crippen molar-refractivity contribution in [1.29, 1.82) is 0 Å². The largest absolute Gasteiger partial charge is 0.346 e. The lowest BCUT2D eigenvalue weighted by Gasteiger charge is -2.19. The molecule has 122 valence electrons. The number of aromatic nitrogens is 1. The number of carbonyl (C=O) groups is 1. The molecule has 2 aromatic rings. The average molecular weight is 329 g/mol. The van der Waals surface area contributed by atoms with E-state index in [0.29, 0.717) is 0 Å². The predicted octanol–water partition coefficient (Wildman–Crippen LogP) is 3.95. The lowest BCUT2D eigenvalue weighted by molar-refractivity contribution is 0.218. The molecule has 0 aliphatic carbocycles. The van der Waals surface area contributed by atoms with Crippen LogP contribution in [-0.4, -0.2) is 28.6 Å². The maximum atomic E-state index is 12.2. The van der Waals surface area contributed by atoms with Gasteiger partial charge in [0.25, 0.3) is 0 Å². The standard InChI is InChI=1S/C18H23N3OS/c1-18(2,3)14-6-8-15(9-7-14)21-12-13-23-17(21)19-16(22)20-10-4-5-11-20/h6-9,12-13H,4-5,10-11H2,1-3H3. The van der Waals surface area contributed by atoms with Crippen molar-refractivity contribution in [3.63, 3.8) is 0 Å². The first-order valence-corrected chi connectivity index (χ1v) is 8.94. The zero-order chi connectivity index (χ0) is 16.4. The van der Waals surface area contributed by atoms with Gasteiger partial charge in [-0.1, -0.05) is 32.9 Å². The van der Waals surface area contributed by atoms with Gasteiger partial charge in [0.2, 0.25) is 0 Å². The van der Waals surface area contributed by atoms with Crippen LogP contribution < -0.4 is 4.80 Å². The van der Waals surface area contributed by atoms with Crippen LogP contribution in [0.25, 0.3) is 5.69 Å². The molecule has 1 aliphatic heterocycles. The van der Waals surface area contributed by atoms with Crippen LogP contribution in [0.3, 0.4) is 0 Å². The van der Waals surface area contributed by atoms with E-state index >= 15 is 0 Å². The molecule has 4 nitrogen and oxygen atoms in total. The molecule has 0 saturated carbocycles. The summed E-state index contributed by atoms with van der Waals surface area (Å²) in [6.07, 6.45) is 4.13. The summed E-state index contributed by atoms with van der Waals surface area (Å²) < 4.78 is 1.98. The molecule has 0 N–H and O–H groups in total. The molecule has 3 rings (SSSR count). The van der Waals surface area contributed by atoms with Gasteiger partial charge in [-0.2, -0.15) is 4.99 Å². The molecule has 1 aromatic heterocycles. The van der Waals surface area contributed by atoms with E-state index in [1.54, 1.807) is 0 Å². The summed E-state index contributed by atoms with van der Waals surface area (Å²) in [7, 11) is 0. The molecule has 0 bridgehead atoms. The maximum absolute atomic E-state index is 12.2. The summed E-state index contributed by atoms with van der Waals surface area (Å²) in [5, 5.41) is 1.97. The van der Waals surface area contributed by atoms with Crippen LogP contribution in [0.4, 0.5) is 4.79 Å². The Morgan fingerprint density at radius 2 is 1.78 bits per heavy atom. The van der Waals surface area contributed by atoms with E-state index in [2.05, 4.69) is 50.0 Å². The van der Waals surface area contributed by atoms with Crippen molar-refractivity contribution in [1.82, 2.24) is 9.47 Å². The fourth-order valence-corrected chi connectivity index (χ4v) is 3.45. The van der Waals surface area contributed by atoms with E-state index in [0.717, 1.165) is 36.4 Å². The van der Waals surface area contributed by atoms with E-state index < -0.39 is 0 Å². The van der Waals surface area contributed by atoms with Crippen LogP contribution in [0.15, 0.2) is 40.8 Å². The van der Waals surface area contributed by atoms with E-state index in [1.165, 1.54) is 16.9 Å². The Morgan fingerprint density at radius 1 is 1.13 bits per heavy atom. The molecule has 0 radical (unpaired) electrons. The van der Waals surface area contributed by atoms with Gasteiger partial charge in [0.1, 0.15) is 0 Å². The van der Waals surface area contributed by atoms with Crippen LogP contribution in [0.2, 0.25) is 0 Å². The topological polar surface area (TPSA) is 37.6 Å². The summed E-state index contributed by atoms with van der Waals surface area (Å²) in [4.78, 5) is 19.1. The quantitative estimate of drug-likeness (QED) is 0.780. The number of benzene rings is 1. The minimum absolute atomic E-state index is 0.120. The summed E-state index contributed by atoms with van der Waals surface area (Å²) in [6.45, 7) is 8.27.